The maximum Gasteiger partial charge on any atom is 0.346 e. The summed E-state index contributed by atoms with van der Waals surface area (Å²) in [6, 6.07) is 9.64. The molecule has 0 radical (unpaired) electrons. The van der Waals surface area contributed by atoms with Gasteiger partial charge >= 0.3 is 11.7 Å². The highest BCUT2D eigenvalue weighted by Crippen LogP contribution is 2.33. The van der Waals surface area contributed by atoms with E-state index in [1.165, 1.54) is 37.1 Å². The molecule has 2 aromatic carbocycles. The highest BCUT2D eigenvalue weighted by molar-refractivity contribution is 9.10. The van der Waals surface area contributed by atoms with Gasteiger partial charge in [0, 0.05) is 22.0 Å². The SMILES string of the molecule is COC(=O)[C@@H](C)Oc1c(C=Nn2c(C3CCCCC3)nc3ccc(Br)cc3c2=O)cccc1[N+](=O)[O-]. The number of aromatic nitrogens is 2. The highest BCUT2D eigenvalue weighted by Gasteiger charge is 2.25. The van der Waals surface area contributed by atoms with Crippen molar-refractivity contribution >= 4 is 44.7 Å². The number of fused-ring (bicyclic) bond motifs is 1. The second kappa shape index (κ2) is 11.0. The number of hydrogen-bond donors (Lipinski definition) is 0. The van der Waals surface area contributed by atoms with Gasteiger partial charge in [-0.25, -0.2) is 9.78 Å². The summed E-state index contributed by atoms with van der Waals surface area (Å²) in [6.45, 7) is 1.43. The zero-order valence-corrected chi connectivity index (χ0v) is 21.4. The van der Waals surface area contributed by atoms with Gasteiger partial charge in [-0.05, 0) is 44.0 Å². The van der Waals surface area contributed by atoms with Crippen LogP contribution in [0.1, 0.15) is 56.3 Å². The number of carbonyl (C=O) groups is 1. The van der Waals surface area contributed by atoms with Gasteiger partial charge < -0.3 is 9.47 Å². The van der Waals surface area contributed by atoms with Crippen LogP contribution in [0.2, 0.25) is 0 Å². The maximum absolute atomic E-state index is 13.5. The third-order valence-corrected chi connectivity index (χ3v) is 6.66. The highest BCUT2D eigenvalue weighted by atomic mass is 79.9. The fraction of sp³-hybridized carbons (Fsp3) is 0.360. The van der Waals surface area contributed by atoms with Gasteiger partial charge in [0.2, 0.25) is 5.75 Å². The molecule has 10 nitrogen and oxygen atoms in total. The first-order chi connectivity index (χ1) is 17.3. The van der Waals surface area contributed by atoms with E-state index in [0.717, 1.165) is 36.6 Å². The molecule has 1 fully saturated rings. The summed E-state index contributed by atoms with van der Waals surface area (Å²) in [7, 11) is 1.20. The fourth-order valence-electron chi connectivity index (χ4n) is 4.33. The first-order valence-corrected chi connectivity index (χ1v) is 12.4. The smallest absolute Gasteiger partial charge is 0.346 e. The van der Waals surface area contributed by atoms with Gasteiger partial charge in [0.05, 0.1) is 29.2 Å². The molecule has 188 valence electrons. The molecule has 0 aliphatic heterocycles. The lowest BCUT2D eigenvalue weighted by Crippen LogP contribution is -2.26. The minimum atomic E-state index is -1.09. The number of rotatable bonds is 7. The van der Waals surface area contributed by atoms with Crippen molar-refractivity contribution < 1.29 is 19.2 Å². The van der Waals surface area contributed by atoms with Crippen LogP contribution in [0, 0.1) is 10.1 Å². The van der Waals surface area contributed by atoms with Crippen LogP contribution >= 0.6 is 15.9 Å². The Balaban J connectivity index is 1.85. The summed E-state index contributed by atoms with van der Waals surface area (Å²) in [6.07, 6.45) is 5.23. The summed E-state index contributed by atoms with van der Waals surface area (Å²) < 4.78 is 12.3. The molecule has 0 spiro atoms. The number of ether oxygens (including phenoxy) is 2. The van der Waals surface area contributed by atoms with E-state index in [4.69, 9.17) is 9.72 Å². The van der Waals surface area contributed by atoms with E-state index < -0.39 is 17.0 Å². The molecule has 4 rings (SSSR count). The van der Waals surface area contributed by atoms with E-state index >= 15 is 0 Å². The molecule has 11 heteroatoms. The zero-order chi connectivity index (χ0) is 25.8. The number of esters is 1. The number of benzene rings is 2. The van der Waals surface area contributed by atoms with E-state index in [0.29, 0.717) is 16.7 Å². The van der Waals surface area contributed by atoms with Crippen LogP contribution in [0.25, 0.3) is 10.9 Å². The molecule has 1 aliphatic rings. The number of carbonyl (C=O) groups excluding carboxylic acids is 1. The molecule has 0 amide bonds. The van der Waals surface area contributed by atoms with Crippen molar-refractivity contribution in [2.24, 2.45) is 5.10 Å². The monoisotopic (exact) mass is 556 g/mol. The number of hydrogen-bond acceptors (Lipinski definition) is 8. The topological polar surface area (TPSA) is 126 Å². The number of methoxy groups -OCH3 is 1. The second-order valence-corrected chi connectivity index (χ2v) is 9.48. The Bertz CT molecular complexity index is 1400. The van der Waals surface area contributed by atoms with Crippen LogP contribution in [0.15, 0.2) is 50.8 Å². The average Bonchev–Trinajstić information content (AvgIpc) is 2.88. The van der Waals surface area contributed by atoms with E-state index in [9.17, 15) is 19.7 Å². The van der Waals surface area contributed by atoms with Crippen LogP contribution in [0.4, 0.5) is 5.69 Å². The number of nitro groups is 1. The average molecular weight is 557 g/mol. The minimum Gasteiger partial charge on any atom is -0.471 e. The standard InChI is InChI=1S/C25H25BrN4O6/c1-15(25(32)35-2)36-22-17(9-6-10-21(22)30(33)34)14-27-29-23(16-7-4-3-5-8-16)28-20-12-11-18(26)13-19(20)24(29)31/h6,9-16H,3-5,7-8H2,1-2H3/t15-/m1/s1. The molecule has 1 atom stereocenters. The Morgan fingerprint density at radius 1 is 1.28 bits per heavy atom. The van der Waals surface area contributed by atoms with Gasteiger partial charge in [-0.3, -0.25) is 14.9 Å². The number of halogens is 1. The molecule has 1 saturated carbocycles. The van der Waals surface area contributed by atoms with Gasteiger partial charge in [0.15, 0.2) is 6.10 Å². The van der Waals surface area contributed by atoms with Crippen LogP contribution < -0.4 is 10.3 Å². The third kappa shape index (κ3) is 5.30. The van der Waals surface area contributed by atoms with Gasteiger partial charge in [0.25, 0.3) is 5.56 Å². The Morgan fingerprint density at radius 2 is 2.03 bits per heavy atom. The largest absolute Gasteiger partial charge is 0.471 e. The van der Waals surface area contributed by atoms with Crippen LogP contribution in [-0.2, 0) is 9.53 Å². The van der Waals surface area contributed by atoms with Crippen molar-refractivity contribution in [1.29, 1.82) is 0 Å². The molecule has 1 heterocycles. The quantitative estimate of drug-likeness (QED) is 0.174. The van der Waals surface area contributed by atoms with Crippen molar-refractivity contribution in [1.82, 2.24) is 9.66 Å². The first kappa shape index (κ1) is 25.5. The van der Waals surface area contributed by atoms with Crippen molar-refractivity contribution in [3.63, 3.8) is 0 Å². The van der Waals surface area contributed by atoms with Crippen molar-refractivity contribution in [3.05, 3.63) is 72.7 Å². The molecule has 1 aliphatic carbocycles. The maximum atomic E-state index is 13.5. The van der Waals surface area contributed by atoms with Crippen molar-refractivity contribution in [2.75, 3.05) is 7.11 Å². The van der Waals surface area contributed by atoms with E-state index in [1.54, 1.807) is 18.2 Å². The van der Waals surface area contributed by atoms with Gasteiger partial charge in [0.1, 0.15) is 5.82 Å². The molecule has 3 aromatic rings. The van der Waals surface area contributed by atoms with Gasteiger partial charge in [-0.1, -0.05) is 41.3 Å². The van der Waals surface area contributed by atoms with Gasteiger partial charge in [-0.2, -0.15) is 9.78 Å². The molecule has 1 aromatic heterocycles. The number of para-hydroxylation sites is 1. The van der Waals surface area contributed by atoms with Gasteiger partial charge in [-0.15, -0.1) is 0 Å². The van der Waals surface area contributed by atoms with E-state index in [1.807, 2.05) is 6.07 Å². The summed E-state index contributed by atoms with van der Waals surface area (Å²) in [5.74, 6) is -0.206. The first-order valence-electron chi connectivity index (χ1n) is 11.6. The number of nitro benzene ring substituents is 1. The Kier molecular flexibility index (Phi) is 7.78. The molecular weight excluding hydrogens is 532 g/mol. The summed E-state index contributed by atoms with van der Waals surface area (Å²) >= 11 is 3.40. The molecule has 0 N–H and O–H groups in total. The normalized spacial score (nSPS) is 15.2. The lowest BCUT2D eigenvalue weighted by Gasteiger charge is -2.22. The molecule has 0 bridgehead atoms. The molecule has 36 heavy (non-hydrogen) atoms. The lowest BCUT2D eigenvalue weighted by molar-refractivity contribution is -0.386. The Morgan fingerprint density at radius 3 is 2.72 bits per heavy atom. The Hall–Kier alpha value is -3.60. The molecular formula is C25H25BrN4O6. The minimum absolute atomic E-state index is 0.0665. The molecule has 0 saturated heterocycles. The summed E-state index contributed by atoms with van der Waals surface area (Å²) in [4.78, 5) is 41.3. The summed E-state index contributed by atoms with van der Waals surface area (Å²) in [5.41, 5.74) is 0.140. The summed E-state index contributed by atoms with van der Waals surface area (Å²) in [5, 5.41) is 16.5. The van der Waals surface area contributed by atoms with E-state index in [2.05, 4.69) is 25.8 Å². The van der Waals surface area contributed by atoms with Crippen LogP contribution in [0.5, 0.6) is 5.75 Å². The fourth-order valence-corrected chi connectivity index (χ4v) is 4.69. The third-order valence-electron chi connectivity index (χ3n) is 6.17. The number of nitrogens with zero attached hydrogens (tertiary/aromatic N) is 4. The second-order valence-electron chi connectivity index (χ2n) is 8.56. The van der Waals surface area contributed by atoms with Crippen LogP contribution in [-0.4, -0.2) is 40.0 Å². The van der Waals surface area contributed by atoms with Crippen LogP contribution in [0.3, 0.4) is 0 Å². The molecule has 0 unspecified atom stereocenters. The van der Waals surface area contributed by atoms with E-state index in [-0.39, 0.29) is 28.5 Å². The predicted octanol–water partition coefficient (Wildman–Crippen LogP) is 4.94. The lowest BCUT2D eigenvalue weighted by atomic mass is 9.88. The van der Waals surface area contributed by atoms with Crippen molar-refractivity contribution in [2.45, 2.75) is 51.0 Å². The van der Waals surface area contributed by atoms with Crippen molar-refractivity contribution in [3.8, 4) is 5.75 Å². The predicted molar refractivity (Wildman–Crippen MR) is 138 cm³/mol. The Labute approximate surface area is 215 Å². The zero-order valence-electron chi connectivity index (χ0n) is 19.8.